The third-order valence-electron chi connectivity index (χ3n) is 3.38. The molecule has 0 bridgehead atoms. The molecule has 18 heavy (non-hydrogen) atoms. The lowest BCUT2D eigenvalue weighted by atomic mass is 9.97. The van der Waals surface area contributed by atoms with E-state index in [1.807, 2.05) is 0 Å². The number of Topliss-reactive ketones (excluding diaryl/α,β-unsaturated/α-hetero) is 1. The number of aromatic amines is 1. The number of ketones is 1. The van der Waals surface area contributed by atoms with E-state index in [4.69, 9.17) is 4.42 Å². The molecule has 94 valence electrons. The van der Waals surface area contributed by atoms with Crippen molar-refractivity contribution in [3.8, 4) is 0 Å². The number of rotatable bonds is 3. The molecule has 1 aromatic heterocycles. The number of benzene rings is 1. The van der Waals surface area contributed by atoms with Gasteiger partial charge in [0.2, 0.25) is 0 Å². The van der Waals surface area contributed by atoms with Gasteiger partial charge in [-0.1, -0.05) is 0 Å². The van der Waals surface area contributed by atoms with Gasteiger partial charge in [0.25, 0.3) is 0 Å². The number of hydrogen-bond acceptors (Lipinski definition) is 4. The van der Waals surface area contributed by atoms with Crippen molar-refractivity contribution >= 4 is 16.9 Å². The minimum atomic E-state index is -0.491. The lowest BCUT2D eigenvalue weighted by molar-refractivity contribution is 0.0964. The van der Waals surface area contributed by atoms with E-state index in [1.165, 1.54) is 0 Å². The third kappa shape index (κ3) is 2.09. The van der Waals surface area contributed by atoms with Crippen molar-refractivity contribution in [2.24, 2.45) is 5.92 Å². The predicted molar refractivity (Wildman–Crippen MR) is 66.8 cm³/mol. The molecular weight excluding hydrogens is 232 g/mol. The highest BCUT2D eigenvalue weighted by molar-refractivity contribution is 5.98. The summed E-state index contributed by atoms with van der Waals surface area (Å²) in [5, 5.41) is 3.25. The Balaban J connectivity index is 1.84. The van der Waals surface area contributed by atoms with Crippen molar-refractivity contribution in [2.75, 3.05) is 13.1 Å². The van der Waals surface area contributed by atoms with Crippen LogP contribution in [0.1, 0.15) is 23.2 Å². The first-order valence-electron chi connectivity index (χ1n) is 6.09. The van der Waals surface area contributed by atoms with Gasteiger partial charge in [0.1, 0.15) is 0 Å². The molecule has 1 aromatic carbocycles. The first kappa shape index (κ1) is 11.2. The van der Waals surface area contributed by atoms with Crippen molar-refractivity contribution in [3.05, 3.63) is 34.3 Å². The Morgan fingerprint density at radius 2 is 2.33 bits per heavy atom. The summed E-state index contributed by atoms with van der Waals surface area (Å²) in [5.74, 6) is 0.0375. The van der Waals surface area contributed by atoms with Gasteiger partial charge < -0.3 is 9.73 Å². The van der Waals surface area contributed by atoms with Gasteiger partial charge in [0.15, 0.2) is 11.4 Å². The zero-order chi connectivity index (χ0) is 12.5. The summed E-state index contributed by atoms with van der Waals surface area (Å²) in [5.41, 5.74) is 1.67. The molecule has 2 aromatic rings. The lowest BCUT2D eigenvalue weighted by Gasteiger charge is -2.06. The highest BCUT2D eigenvalue weighted by Gasteiger charge is 2.19. The van der Waals surface area contributed by atoms with E-state index in [-0.39, 0.29) is 5.78 Å². The summed E-state index contributed by atoms with van der Waals surface area (Å²) in [6.45, 7) is 1.90. The average molecular weight is 246 g/mol. The maximum atomic E-state index is 12.1. The van der Waals surface area contributed by atoms with Crippen LogP contribution in [0.4, 0.5) is 0 Å². The molecule has 1 saturated heterocycles. The van der Waals surface area contributed by atoms with E-state index in [1.54, 1.807) is 18.2 Å². The smallest absolute Gasteiger partial charge is 0.408 e. The highest BCUT2D eigenvalue weighted by atomic mass is 16.4. The molecule has 1 aliphatic heterocycles. The van der Waals surface area contributed by atoms with E-state index in [9.17, 15) is 9.59 Å². The van der Waals surface area contributed by atoms with Crippen LogP contribution in [-0.4, -0.2) is 23.9 Å². The standard InChI is InChI=1S/C13H14N2O3/c16-11(5-8-3-4-14-7-8)9-1-2-10-12(6-9)18-13(17)15-10/h1-2,6,8,14H,3-5,7H2,(H,15,17). The molecule has 0 amide bonds. The molecule has 0 aliphatic carbocycles. The van der Waals surface area contributed by atoms with Crippen LogP contribution < -0.4 is 11.1 Å². The Kier molecular flexibility index (Phi) is 2.76. The molecule has 3 rings (SSSR count). The van der Waals surface area contributed by atoms with E-state index in [0.717, 1.165) is 19.5 Å². The number of aromatic nitrogens is 1. The van der Waals surface area contributed by atoms with E-state index >= 15 is 0 Å². The van der Waals surface area contributed by atoms with Crippen molar-refractivity contribution in [1.82, 2.24) is 10.3 Å². The molecule has 1 atom stereocenters. The number of H-pyrrole nitrogens is 1. The average Bonchev–Trinajstić information content (AvgIpc) is 2.95. The first-order chi connectivity index (χ1) is 8.72. The largest absolute Gasteiger partial charge is 0.417 e. The summed E-state index contributed by atoms with van der Waals surface area (Å²) >= 11 is 0. The zero-order valence-electron chi connectivity index (χ0n) is 9.86. The molecule has 2 heterocycles. The number of carbonyl (C=O) groups excluding carboxylic acids is 1. The van der Waals surface area contributed by atoms with Crippen molar-refractivity contribution in [3.63, 3.8) is 0 Å². The Morgan fingerprint density at radius 3 is 3.11 bits per heavy atom. The number of fused-ring (bicyclic) bond motifs is 1. The first-order valence-corrected chi connectivity index (χ1v) is 6.09. The Bertz CT molecular complexity index is 635. The molecule has 1 unspecified atom stereocenters. The minimum Gasteiger partial charge on any atom is -0.408 e. The molecule has 0 saturated carbocycles. The maximum absolute atomic E-state index is 12.1. The van der Waals surface area contributed by atoms with Gasteiger partial charge >= 0.3 is 5.76 Å². The number of nitrogens with one attached hydrogen (secondary N) is 2. The lowest BCUT2D eigenvalue weighted by Crippen LogP contribution is -2.12. The topological polar surface area (TPSA) is 75.1 Å². The van der Waals surface area contributed by atoms with Gasteiger partial charge in [-0.25, -0.2) is 4.79 Å². The van der Waals surface area contributed by atoms with Crippen LogP contribution >= 0.6 is 0 Å². The number of carbonyl (C=O) groups is 1. The van der Waals surface area contributed by atoms with Crippen LogP contribution in [0, 0.1) is 5.92 Å². The fourth-order valence-corrected chi connectivity index (χ4v) is 2.39. The van der Waals surface area contributed by atoms with E-state index < -0.39 is 5.76 Å². The second kappa shape index (κ2) is 4.42. The monoisotopic (exact) mass is 246 g/mol. The molecule has 0 spiro atoms. The fraction of sp³-hybridized carbons (Fsp3) is 0.385. The Labute approximate surface area is 103 Å². The van der Waals surface area contributed by atoms with Gasteiger partial charge in [0.05, 0.1) is 5.52 Å². The van der Waals surface area contributed by atoms with Crippen LogP contribution in [0.15, 0.2) is 27.4 Å². The molecule has 1 aliphatic rings. The quantitative estimate of drug-likeness (QED) is 0.800. The second-order valence-corrected chi connectivity index (χ2v) is 4.71. The summed E-state index contributed by atoms with van der Waals surface area (Å²) in [6, 6.07) is 5.08. The van der Waals surface area contributed by atoms with Crippen LogP contribution in [-0.2, 0) is 0 Å². The summed E-state index contributed by atoms with van der Waals surface area (Å²) in [4.78, 5) is 25.7. The van der Waals surface area contributed by atoms with Crippen molar-refractivity contribution in [2.45, 2.75) is 12.8 Å². The minimum absolute atomic E-state index is 0.106. The van der Waals surface area contributed by atoms with Crippen molar-refractivity contribution < 1.29 is 9.21 Å². The molecule has 1 fully saturated rings. The summed E-state index contributed by atoms with van der Waals surface area (Å²) in [6.07, 6.45) is 1.60. The fourth-order valence-electron chi connectivity index (χ4n) is 2.39. The SMILES string of the molecule is O=C(CC1CCNC1)c1ccc2[nH]c(=O)oc2c1. The number of hydrogen-bond donors (Lipinski definition) is 2. The summed E-state index contributed by atoms with van der Waals surface area (Å²) < 4.78 is 4.95. The number of oxazole rings is 1. The van der Waals surface area contributed by atoms with Gasteiger partial charge in [0, 0.05) is 12.0 Å². The molecule has 2 N–H and O–H groups in total. The van der Waals surface area contributed by atoms with E-state index in [2.05, 4.69) is 10.3 Å². The maximum Gasteiger partial charge on any atom is 0.417 e. The third-order valence-corrected chi connectivity index (χ3v) is 3.38. The van der Waals surface area contributed by atoms with Gasteiger partial charge in [-0.05, 0) is 43.6 Å². The second-order valence-electron chi connectivity index (χ2n) is 4.71. The molecule has 0 radical (unpaired) electrons. The highest BCUT2D eigenvalue weighted by Crippen LogP contribution is 2.18. The van der Waals surface area contributed by atoms with Gasteiger partial charge in [-0.3, -0.25) is 9.78 Å². The van der Waals surface area contributed by atoms with E-state index in [0.29, 0.717) is 29.0 Å². The molecule has 5 nitrogen and oxygen atoms in total. The van der Waals surface area contributed by atoms with Crippen LogP contribution in [0.25, 0.3) is 11.1 Å². The molecule has 5 heteroatoms. The Morgan fingerprint density at radius 1 is 1.44 bits per heavy atom. The predicted octanol–water partition coefficient (Wildman–Crippen LogP) is 1.30. The molecular formula is C13H14N2O3. The van der Waals surface area contributed by atoms with Gasteiger partial charge in [-0.15, -0.1) is 0 Å². The summed E-state index contributed by atoms with van der Waals surface area (Å²) in [7, 11) is 0. The Hall–Kier alpha value is -1.88. The van der Waals surface area contributed by atoms with Crippen LogP contribution in [0.2, 0.25) is 0 Å². The van der Waals surface area contributed by atoms with Crippen LogP contribution in [0.3, 0.4) is 0 Å². The van der Waals surface area contributed by atoms with Gasteiger partial charge in [-0.2, -0.15) is 0 Å². The normalized spacial score (nSPS) is 19.4. The van der Waals surface area contributed by atoms with Crippen LogP contribution in [0.5, 0.6) is 0 Å². The van der Waals surface area contributed by atoms with Crippen molar-refractivity contribution in [1.29, 1.82) is 0 Å². The zero-order valence-corrected chi connectivity index (χ0v) is 9.86.